The normalized spacial score (nSPS) is 11.6. The Bertz CT molecular complexity index is 720. The van der Waals surface area contributed by atoms with Gasteiger partial charge in [-0.3, -0.25) is 0 Å². The molecule has 18 heavy (non-hydrogen) atoms. The molecule has 0 fully saturated rings. The summed E-state index contributed by atoms with van der Waals surface area (Å²) in [6.45, 7) is 3.65. The van der Waals surface area contributed by atoms with E-state index in [-0.39, 0.29) is 16.0 Å². The molecule has 0 aromatic heterocycles. The summed E-state index contributed by atoms with van der Waals surface area (Å²) in [6.07, 6.45) is 2.31. The summed E-state index contributed by atoms with van der Waals surface area (Å²) in [4.78, 5) is -0.0663. The minimum Gasteiger partial charge on any atom is -0.507 e. The van der Waals surface area contributed by atoms with Crippen LogP contribution < -0.4 is 5.14 Å². The Morgan fingerprint density at radius 1 is 1.28 bits per heavy atom. The van der Waals surface area contributed by atoms with Crippen LogP contribution in [0.1, 0.15) is 5.56 Å². The first kappa shape index (κ1) is 12.6. The van der Waals surface area contributed by atoms with E-state index in [1.54, 1.807) is 24.3 Å². The van der Waals surface area contributed by atoms with Crippen molar-refractivity contribution in [1.29, 1.82) is 0 Å². The number of aromatic hydroxyl groups is 1. The Morgan fingerprint density at radius 2 is 2.00 bits per heavy atom. The van der Waals surface area contributed by atoms with E-state index in [4.69, 9.17) is 5.14 Å². The Hall–Kier alpha value is -1.85. The molecule has 0 spiro atoms. The molecule has 4 nitrogen and oxygen atoms in total. The van der Waals surface area contributed by atoms with Crippen molar-refractivity contribution in [3.63, 3.8) is 0 Å². The minimum absolute atomic E-state index is 0.0663. The van der Waals surface area contributed by atoms with Crippen LogP contribution in [0.3, 0.4) is 0 Å². The number of primary sulfonamides is 1. The first-order valence-electron chi connectivity index (χ1n) is 5.32. The Labute approximate surface area is 105 Å². The van der Waals surface area contributed by atoms with Crippen molar-refractivity contribution in [2.24, 2.45) is 5.14 Å². The largest absolute Gasteiger partial charge is 0.507 e. The Kier molecular flexibility index (Phi) is 3.11. The maximum Gasteiger partial charge on any atom is 0.238 e. The molecule has 0 aliphatic carbocycles. The number of nitrogens with two attached hydrogens (primary N) is 1. The topological polar surface area (TPSA) is 80.4 Å². The zero-order valence-corrected chi connectivity index (χ0v) is 10.4. The quantitative estimate of drug-likeness (QED) is 0.830. The molecule has 3 N–H and O–H groups in total. The molecule has 0 bridgehead atoms. The van der Waals surface area contributed by atoms with Gasteiger partial charge < -0.3 is 5.11 Å². The number of fused-ring (bicyclic) bond motifs is 1. The third-order valence-electron chi connectivity index (χ3n) is 2.74. The van der Waals surface area contributed by atoms with Crippen LogP contribution in [0.15, 0.2) is 47.9 Å². The van der Waals surface area contributed by atoms with E-state index in [1.807, 2.05) is 0 Å². The van der Waals surface area contributed by atoms with Crippen molar-refractivity contribution in [3.8, 4) is 5.75 Å². The highest BCUT2D eigenvalue weighted by Gasteiger charge is 2.16. The van der Waals surface area contributed by atoms with Gasteiger partial charge in [0.1, 0.15) is 5.75 Å². The molecule has 0 unspecified atom stereocenters. The molecule has 2 aromatic carbocycles. The van der Waals surface area contributed by atoms with Gasteiger partial charge in [-0.2, -0.15) is 0 Å². The van der Waals surface area contributed by atoms with E-state index in [2.05, 4.69) is 6.58 Å². The third-order valence-corrected chi connectivity index (χ3v) is 3.69. The molecule has 2 rings (SSSR count). The van der Waals surface area contributed by atoms with Gasteiger partial charge in [-0.05, 0) is 29.5 Å². The van der Waals surface area contributed by atoms with Gasteiger partial charge in [0.25, 0.3) is 0 Å². The van der Waals surface area contributed by atoms with Gasteiger partial charge in [0.2, 0.25) is 10.0 Å². The van der Waals surface area contributed by atoms with Crippen LogP contribution in [0.2, 0.25) is 0 Å². The van der Waals surface area contributed by atoms with Gasteiger partial charge >= 0.3 is 0 Å². The molecule has 0 aliphatic rings. The van der Waals surface area contributed by atoms with Crippen LogP contribution in [0.5, 0.6) is 5.75 Å². The summed E-state index contributed by atoms with van der Waals surface area (Å²) in [5, 5.41) is 16.0. The zero-order valence-electron chi connectivity index (χ0n) is 9.63. The van der Waals surface area contributed by atoms with Crippen molar-refractivity contribution >= 4 is 20.8 Å². The third kappa shape index (κ3) is 2.10. The first-order chi connectivity index (χ1) is 8.45. The van der Waals surface area contributed by atoms with Crippen LogP contribution in [-0.2, 0) is 16.4 Å². The molecular formula is C13H13NO3S. The highest BCUT2D eigenvalue weighted by Crippen LogP contribution is 2.32. The van der Waals surface area contributed by atoms with Crippen molar-refractivity contribution in [2.45, 2.75) is 11.3 Å². The second-order valence-electron chi connectivity index (χ2n) is 3.96. The van der Waals surface area contributed by atoms with Crippen molar-refractivity contribution < 1.29 is 13.5 Å². The lowest BCUT2D eigenvalue weighted by atomic mass is 10.0. The average Bonchev–Trinajstić information content (AvgIpc) is 2.31. The molecule has 0 amide bonds. The lowest BCUT2D eigenvalue weighted by Gasteiger charge is -2.10. The summed E-state index contributed by atoms with van der Waals surface area (Å²) < 4.78 is 23.0. The maximum absolute atomic E-state index is 11.5. The standard InChI is InChI=1S/C13H13NO3S/c1-2-4-9-7-8-11(15)13-10(9)5-3-6-12(13)18(14,16)17/h2-3,5-8,15H,1,4H2,(H2,14,16,17). The van der Waals surface area contributed by atoms with Gasteiger partial charge in [-0.15, -0.1) is 6.58 Å². The summed E-state index contributed by atoms with van der Waals surface area (Å²) >= 11 is 0. The van der Waals surface area contributed by atoms with E-state index < -0.39 is 10.0 Å². The Morgan fingerprint density at radius 3 is 2.61 bits per heavy atom. The van der Waals surface area contributed by atoms with Crippen molar-refractivity contribution in [1.82, 2.24) is 0 Å². The number of sulfonamides is 1. The molecule has 0 heterocycles. The van der Waals surface area contributed by atoms with Crippen LogP contribution >= 0.6 is 0 Å². The fourth-order valence-electron chi connectivity index (χ4n) is 1.99. The van der Waals surface area contributed by atoms with E-state index in [0.717, 1.165) is 5.56 Å². The fourth-order valence-corrected chi connectivity index (χ4v) is 2.75. The molecule has 0 saturated carbocycles. The molecule has 94 valence electrons. The highest BCUT2D eigenvalue weighted by atomic mass is 32.2. The molecule has 5 heteroatoms. The number of rotatable bonds is 3. The lowest BCUT2D eigenvalue weighted by molar-refractivity contribution is 0.480. The van der Waals surface area contributed by atoms with Crippen LogP contribution in [0, 0.1) is 0 Å². The number of phenolic OH excluding ortho intramolecular Hbond substituents is 1. The zero-order chi connectivity index (χ0) is 13.3. The first-order valence-corrected chi connectivity index (χ1v) is 6.87. The van der Waals surface area contributed by atoms with Crippen LogP contribution in [0.4, 0.5) is 0 Å². The maximum atomic E-state index is 11.5. The summed E-state index contributed by atoms with van der Waals surface area (Å²) in [5.74, 6) is -0.0950. The summed E-state index contributed by atoms with van der Waals surface area (Å²) in [5.41, 5.74) is 0.892. The second kappa shape index (κ2) is 4.44. The monoisotopic (exact) mass is 263 g/mol. The van der Waals surface area contributed by atoms with E-state index in [1.165, 1.54) is 12.1 Å². The molecule has 0 radical (unpaired) electrons. The van der Waals surface area contributed by atoms with E-state index >= 15 is 0 Å². The molecule has 0 atom stereocenters. The van der Waals surface area contributed by atoms with Gasteiger partial charge in [-0.1, -0.05) is 24.3 Å². The number of phenols is 1. The van der Waals surface area contributed by atoms with Gasteiger partial charge in [0.05, 0.1) is 4.90 Å². The van der Waals surface area contributed by atoms with Crippen LogP contribution in [0.25, 0.3) is 10.8 Å². The smallest absolute Gasteiger partial charge is 0.238 e. The van der Waals surface area contributed by atoms with Gasteiger partial charge in [0, 0.05) is 5.39 Å². The number of hydrogen-bond acceptors (Lipinski definition) is 3. The summed E-state index contributed by atoms with van der Waals surface area (Å²) in [6, 6.07) is 7.95. The fraction of sp³-hybridized carbons (Fsp3) is 0.0769. The Balaban J connectivity index is 2.93. The number of allylic oxidation sites excluding steroid dienone is 1. The summed E-state index contributed by atoms with van der Waals surface area (Å²) in [7, 11) is -3.87. The van der Waals surface area contributed by atoms with Crippen LogP contribution in [-0.4, -0.2) is 13.5 Å². The highest BCUT2D eigenvalue weighted by molar-refractivity contribution is 7.89. The van der Waals surface area contributed by atoms with Crippen molar-refractivity contribution in [2.75, 3.05) is 0 Å². The molecule has 2 aromatic rings. The SMILES string of the molecule is C=CCc1ccc(O)c2c(S(N)(=O)=O)cccc12. The average molecular weight is 263 g/mol. The molecular weight excluding hydrogens is 250 g/mol. The predicted octanol–water partition coefficient (Wildman–Crippen LogP) is 1.92. The molecule has 0 saturated heterocycles. The predicted molar refractivity (Wildman–Crippen MR) is 70.9 cm³/mol. The minimum atomic E-state index is -3.87. The van der Waals surface area contributed by atoms with E-state index in [0.29, 0.717) is 11.8 Å². The van der Waals surface area contributed by atoms with Gasteiger partial charge in [-0.25, -0.2) is 13.6 Å². The van der Waals surface area contributed by atoms with E-state index in [9.17, 15) is 13.5 Å². The van der Waals surface area contributed by atoms with Crippen molar-refractivity contribution in [3.05, 3.63) is 48.6 Å². The molecule has 0 aliphatic heterocycles. The second-order valence-corrected chi connectivity index (χ2v) is 5.49. The number of benzene rings is 2. The van der Waals surface area contributed by atoms with Gasteiger partial charge in [0.15, 0.2) is 0 Å². The lowest BCUT2D eigenvalue weighted by Crippen LogP contribution is -2.12. The number of hydrogen-bond donors (Lipinski definition) is 2.